The summed E-state index contributed by atoms with van der Waals surface area (Å²) in [7, 11) is 0. The van der Waals surface area contributed by atoms with Gasteiger partial charge in [0.25, 0.3) is 0 Å². The Morgan fingerprint density at radius 2 is 2.12 bits per heavy atom. The van der Waals surface area contributed by atoms with Crippen LogP contribution < -0.4 is 10.5 Å². The van der Waals surface area contributed by atoms with Crippen LogP contribution in [0.5, 0.6) is 11.6 Å². The fourth-order valence-electron chi connectivity index (χ4n) is 1.22. The van der Waals surface area contributed by atoms with Crippen molar-refractivity contribution in [3.05, 3.63) is 42.0 Å². The summed E-state index contributed by atoms with van der Waals surface area (Å²) in [4.78, 5) is 7.54. The number of anilines is 1. The van der Waals surface area contributed by atoms with Crippen LogP contribution in [0.4, 0.5) is 10.2 Å². The molecule has 0 saturated carbocycles. The Labute approximate surface area is 91.9 Å². The lowest BCUT2D eigenvalue weighted by Crippen LogP contribution is -1.95. The molecule has 2 rings (SSSR count). The van der Waals surface area contributed by atoms with E-state index in [0.717, 1.165) is 0 Å². The fraction of sp³-hybridized carbons (Fsp3) is 0.0909. The smallest absolute Gasteiger partial charge is 0.224 e. The van der Waals surface area contributed by atoms with Crippen molar-refractivity contribution < 1.29 is 9.13 Å². The number of nitrogens with zero attached hydrogens (tertiary/aromatic N) is 2. The zero-order chi connectivity index (χ0) is 11.5. The summed E-state index contributed by atoms with van der Waals surface area (Å²) >= 11 is 0. The molecule has 0 aliphatic heterocycles. The lowest BCUT2D eigenvalue weighted by atomic mass is 10.2. The van der Waals surface area contributed by atoms with Gasteiger partial charge in [0.15, 0.2) is 11.6 Å². The van der Waals surface area contributed by atoms with Crippen molar-refractivity contribution in [3.8, 4) is 11.6 Å². The zero-order valence-electron chi connectivity index (χ0n) is 8.64. The van der Waals surface area contributed by atoms with Crippen LogP contribution in [0.2, 0.25) is 0 Å². The van der Waals surface area contributed by atoms with Crippen LogP contribution in [0.25, 0.3) is 0 Å². The molecule has 0 atom stereocenters. The average Bonchev–Trinajstić information content (AvgIpc) is 2.25. The molecule has 0 aliphatic rings. The van der Waals surface area contributed by atoms with Gasteiger partial charge in [-0.1, -0.05) is 12.1 Å². The standard InChI is InChI=1S/C11H10FN3O/c1-7-3-2-4-8(11(7)12)16-10-5-9(13)14-6-15-10/h2-6H,1H3,(H2,13,14,15). The van der Waals surface area contributed by atoms with E-state index in [4.69, 9.17) is 10.5 Å². The van der Waals surface area contributed by atoms with Gasteiger partial charge in [-0.2, -0.15) is 0 Å². The van der Waals surface area contributed by atoms with Gasteiger partial charge in [0.1, 0.15) is 12.1 Å². The second kappa shape index (κ2) is 4.14. The predicted molar refractivity (Wildman–Crippen MR) is 57.7 cm³/mol. The second-order valence-corrected chi connectivity index (χ2v) is 3.27. The molecule has 0 saturated heterocycles. The molecule has 0 spiro atoms. The molecule has 2 N–H and O–H groups in total. The predicted octanol–water partition coefficient (Wildman–Crippen LogP) is 2.30. The van der Waals surface area contributed by atoms with E-state index < -0.39 is 5.82 Å². The number of ether oxygens (including phenoxy) is 1. The summed E-state index contributed by atoms with van der Waals surface area (Å²) < 4.78 is 18.9. The Balaban J connectivity index is 2.31. The minimum atomic E-state index is -0.403. The molecule has 1 aromatic heterocycles. The molecular formula is C11H10FN3O. The van der Waals surface area contributed by atoms with Crippen LogP contribution in [0.15, 0.2) is 30.6 Å². The van der Waals surface area contributed by atoms with Gasteiger partial charge in [-0.3, -0.25) is 0 Å². The molecule has 1 aromatic carbocycles. The second-order valence-electron chi connectivity index (χ2n) is 3.27. The topological polar surface area (TPSA) is 61.0 Å². The number of benzene rings is 1. The molecule has 16 heavy (non-hydrogen) atoms. The maximum atomic E-state index is 13.6. The Bertz CT molecular complexity index is 516. The highest BCUT2D eigenvalue weighted by atomic mass is 19.1. The molecule has 0 bridgehead atoms. The van der Waals surface area contributed by atoms with E-state index in [-0.39, 0.29) is 17.4 Å². The first-order valence-corrected chi connectivity index (χ1v) is 4.67. The van der Waals surface area contributed by atoms with Crippen LogP contribution in [-0.4, -0.2) is 9.97 Å². The normalized spacial score (nSPS) is 10.1. The molecule has 5 heteroatoms. The highest BCUT2D eigenvalue weighted by molar-refractivity contribution is 5.36. The van der Waals surface area contributed by atoms with Crippen molar-refractivity contribution in [2.45, 2.75) is 6.92 Å². The van der Waals surface area contributed by atoms with Crippen LogP contribution in [0.1, 0.15) is 5.56 Å². The van der Waals surface area contributed by atoms with Crippen LogP contribution in [0.3, 0.4) is 0 Å². The van der Waals surface area contributed by atoms with E-state index in [9.17, 15) is 4.39 Å². The summed E-state index contributed by atoms with van der Waals surface area (Å²) in [5.74, 6) is 0.216. The number of nitrogens with two attached hydrogens (primary N) is 1. The van der Waals surface area contributed by atoms with Gasteiger partial charge in [0.2, 0.25) is 5.88 Å². The summed E-state index contributed by atoms with van der Waals surface area (Å²) in [5.41, 5.74) is 5.97. The van der Waals surface area contributed by atoms with Crippen LogP contribution >= 0.6 is 0 Å². The lowest BCUT2D eigenvalue weighted by Gasteiger charge is -2.06. The number of halogens is 1. The molecule has 82 valence electrons. The number of aromatic nitrogens is 2. The first-order valence-electron chi connectivity index (χ1n) is 4.67. The molecule has 0 radical (unpaired) electrons. The highest BCUT2D eigenvalue weighted by Crippen LogP contribution is 2.24. The lowest BCUT2D eigenvalue weighted by molar-refractivity contribution is 0.425. The minimum absolute atomic E-state index is 0.123. The Morgan fingerprint density at radius 1 is 1.31 bits per heavy atom. The summed E-state index contributed by atoms with van der Waals surface area (Å²) in [5, 5.41) is 0. The monoisotopic (exact) mass is 219 g/mol. The van der Waals surface area contributed by atoms with E-state index >= 15 is 0 Å². The Kier molecular flexibility index (Phi) is 2.68. The minimum Gasteiger partial charge on any atom is -0.436 e. The van der Waals surface area contributed by atoms with E-state index in [2.05, 4.69) is 9.97 Å². The molecule has 0 fully saturated rings. The van der Waals surface area contributed by atoms with Crippen molar-refractivity contribution in [1.82, 2.24) is 9.97 Å². The van der Waals surface area contributed by atoms with E-state index in [1.165, 1.54) is 18.5 Å². The molecule has 1 heterocycles. The van der Waals surface area contributed by atoms with Crippen molar-refractivity contribution >= 4 is 5.82 Å². The Hall–Kier alpha value is -2.17. The number of hydrogen-bond acceptors (Lipinski definition) is 4. The summed E-state index contributed by atoms with van der Waals surface area (Å²) in [6.07, 6.45) is 1.26. The van der Waals surface area contributed by atoms with E-state index in [1.807, 2.05) is 0 Å². The molecular weight excluding hydrogens is 209 g/mol. The van der Waals surface area contributed by atoms with Crippen LogP contribution in [-0.2, 0) is 0 Å². The zero-order valence-corrected chi connectivity index (χ0v) is 8.64. The number of hydrogen-bond donors (Lipinski definition) is 1. The van der Waals surface area contributed by atoms with Crippen molar-refractivity contribution in [2.24, 2.45) is 0 Å². The van der Waals surface area contributed by atoms with Gasteiger partial charge in [-0.25, -0.2) is 14.4 Å². The molecule has 0 amide bonds. The van der Waals surface area contributed by atoms with E-state index in [0.29, 0.717) is 5.56 Å². The fourth-order valence-corrected chi connectivity index (χ4v) is 1.22. The SMILES string of the molecule is Cc1cccc(Oc2cc(N)ncn2)c1F. The molecule has 0 unspecified atom stereocenters. The van der Waals surface area contributed by atoms with Gasteiger partial charge in [0, 0.05) is 6.07 Å². The molecule has 2 aromatic rings. The van der Waals surface area contributed by atoms with Gasteiger partial charge in [-0.15, -0.1) is 0 Å². The number of aryl methyl sites for hydroxylation is 1. The Morgan fingerprint density at radius 3 is 2.88 bits per heavy atom. The highest BCUT2D eigenvalue weighted by Gasteiger charge is 2.07. The van der Waals surface area contributed by atoms with Gasteiger partial charge in [0.05, 0.1) is 0 Å². The summed E-state index contributed by atoms with van der Waals surface area (Å²) in [6, 6.07) is 6.33. The van der Waals surface area contributed by atoms with Gasteiger partial charge < -0.3 is 10.5 Å². The maximum Gasteiger partial charge on any atom is 0.224 e. The van der Waals surface area contributed by atoms with Gasteiger partial charge >= 0.3 is 0 Å². The average molecular weight is 219 g/mol. The van der Waals surface area contributed by atoms with Crippen molar-refractivity contribution in [2.75, 3.05) is 5.73 Å². The van der Waals surface area contributed by atoms with Crippen molar-refractivity contribution in [1.29, 1.82) is 0 Å². The van der Waals surface area contributed by atoms with Crippen LogP contribution in [0, 0.1) is 12.7 Å². The third-order valence-electron chi connectivity index (χ3n) is 2.03. The number of nitrogen functional groups attached to an aromatic ring is 1. The number of rotatable bonds is 2. The first-order chi connectivity index (χ1) is 7.66. The van der Waals surface area contributed by atoms with Gasteiger partial charge in [-0.05, 0) is 18.6 Å². The largest absolute Gasteiger partial charge is 0.436 e. The third kappa shape index (κ3) is 2.08. The van der Waals surface area contributed by atoms with E-state index in [1.54, 1.807) is 19.1 Å². The first kappa shape index (κ1) is 10.4. The van der Waals surface area contributed by atoms with Crippen molar-refractivity contribution in [3.63, 3.8) is 0 Å². The maximum absolute atomic E-state index is 13.6. The molecule has 0 aliphatic carbocycles. The molecule has 4 nitrogen and oxygen atoms in total. The third-order valence-corrected chi connectivity index (χ3v) is 2.03. The quantitative estimate of drug-likeness (QED) is 0.841. The summed E-state index contributed by atoms with van der Waals surface area (Å²) in [6.45, 7) is 1.66.